The van der Waals surface area contributed by atoms with Gasteiger partial charge in [0.25, 0.3) is 0 Å². The molecule has 0 spiro atoms. The third-order valence-corrected chi connectivity index (χ3v) is 3.66. The minimum atomic E-state index is 0.706. The van der Waals surface area contributed by atoms with Crippen LogP contribution in [0.5, 0.6) is 0 Å². The molecule has 0 radical (unpaired) electrons. The largest absolute Gasteiger partial charge is 0.295 e. The van der Waals surface area contributed by atoms with E-state index in [9.17, 15) is 0 Å². The molecule has 0 aromatic carbocycles. The van der Waals surface area contributed by atoms with E-state index < -0.39 is 0 Å². The van der Waals surface area contributed by atoms with E-state index in [0.29, 0.717) is 6.04 Å². The van der Waals surface area contributed by atoms with E-state index in [-0.39, 0.29) is 0 Å². The summed E-state index contributed by atoms with van der Waals surface area (Å²) in [5.41, 5.74) is 0. The molecule has 0 aliphatic carbocycles. The summed E-state index contributed by atoms with van der Waals surface area (Å²) in [5, 5.41) is 0. The van der Waals surface area contributed by atoms with Crippen molar-refractivity contribution in [3.8, 4) is 0 Å². The van der Waals surface area contributed by atoms with Gasteiger partial charge in [-0.2, -0.15) is 0 Å². The van der Waals surface area contributed by atoms with Crippen LogP contribution in [0.4, 0.5) is 0 Å². The van der Waals surface area contributed by atoms with Gasteiger partial charge >= 0.3 is 0 Å². The highest BCUT2D eigenvalue weighted by Crippen LogP contribution is 2.34. The lowest BCUT2D eigenvalue weighted by atomic mass is 10.0. The first kappa shape index (κ1) is 12.0. The molecule has 0 aromatic rings. The van der Waals surface area contributed by atoms with E-state index in [4.69, 9.17) is 0 Å². The second-order valence-electron chi connectivity index (χ2n) is 5.74. The fraction of sp³-hybridized carbons (Fsp3) is 1.00. The van der Waals surface area contributed by atoms with E-state index in [2.05, 4.69) is 46.4 Å². The van der Waals surface area contributed by atoms with Gasteiger partial charge in [-0.1, -0.05) is 27.7 Å². The third kappa shape index (κ3) is 2.31. The van der Waals surface area contributed by atoms with Crippen molar-refractivity contribution in [3.05, 3.63) is 0 Å². The smallest absolute Gasteiger partial charge is 0.0125 e. The molecular formula is C13H27N. The van der Waals surface area contributed by atoms with Crippen LogP contribution in [0.15, 0.2) is 0 Å². The Morgan fingerprint density at radius 3 is 1.36 bits per heavy atom. The van der Waals surface area contributed by atoms with Crippen molar-refractivity contribution in [2.24, 2.45) is 11.8 Å². The zero-order chi connectivity index (χ0) is 10.9. The molecule has 0 aromatic heterocycles. The van der Waals surface area contributed by atoms with Gasteiger partial charge in [0.2, 0.25) is 0 Å². The minimum Gasteiger partial charge on any atom is -0.295 e. The second kappa shape index (κ2) is 4.65. The SMILES string of the molecule is CC(C)C1CCC(C(C)C)N1C(C)C. The first-order valence-corrected chi connectivity index (χ1v) is 6.22. The van der Waals surface area contributed by atoms with Gasteiger partial charge in [0.1, 0.15) is 0 Å². The molecule has 1 heteroatoms. The molecule has 0 amide bonds. The quantitative estimate of drug-likeness (QED) is 0.669. The topological polar surface area (TPSA) is 3.24 Å². The van der Waals surface area contributed by atoms with E-state index in [0.717, 1.165) is 23.9 Å². The molecule has 2 atom stereocenters. The molecule has 14 heavy (non-hydrogen) atoms. The molecule has 84 valence electrons. The van der Waals surface area contributed by atoms with E-state index >= 15 is 0 Å². The summed E-state index contributed by atoms with van der Waals surface area (Å²) in [4.78, 5) is 2.76. The Labute approximate surface area is 89.9 Å². The van der Waals surface area contributed by atoms with Crippen molar-refractivity contribution in [1.82, 2.24) is 4.90 Å². The normalized spacial score (nSPS) is 29.8. The highest BCUT2D eigenvalue weighted by molar-refractivity contribution is 4.92. The molecule has 2 unspecified atom stereocenters. The Hall–Kier alpha value is -0.0400. The molecule has 1 rings (SSSR count). The Morgan fingerprint density at radius 2 is 1.14 bits per heavy atom. The fourth-order valence-corrected chi connectivity index (χ4v) is 3.01. The van der Waals surface area contributed by atoms with Gasteiger partial charge in [-0.15, -0.1) is 0 Å². The van der Waals surface area contributed by atoms with Crippen molar-refractivity contribution >= 4 is 0 Å². The first-order chi connectivity index (χ1) is 6.45. The number of rotatable bonds is 3. The number of hydrogen-bond acceptors (Lipinski definition) is 1. The van der Waals surface area contributed by atoms with Crippen LogP contribution in [0.3, 0.4) is 0 Å². The summed E-state index contributed by atoms with van der Waals surface area (Å²) >= 11 is 0. The second-order valence-corrected chi connectivity index (χ2v) is 5.74. The van der Waals surface area contributed by atoms with Crippen molar-refractivity contribution in [1.29, 1.82) is 0 Å². The predicted octanol–water partition coefficient (Wildman–Crippen LogP) is 3.54. The molecule has 1 fully saturated rings. The monoisotopic (exact) mass is 197 g/mol. The number of likely N-dealkylation sites (tertiary alicyclic amines) is 1. The summed E-state index contributed by atoms with van der Waals surface area (Å²) in [7, 11) is 0. The molecule has 1 aliphatic rings. The lowest BCUT2D eigenvalue weighted by molar-refractivity contribution is 0.0959. The van der Waals surface area contributed by atoms with Crippen molar-refractivity contribution in [2.45, 2.75) is 72.5 Å². The highest BCUT2D eigenvalue weighted by atomic mass is 15.2. The molecule has 1 aliphatic heterocycles. The fourth-order valence-electron chi connectivity index (χ4n) is 3.01. The average Bonchev–Trinajstić information content (AvgIpc) is 2.46. The van der Waals surface area contributed by atoms with Gasteiger partial charge in [-0.25, -0.2) is 0 Å². The van der Waals surface area contributed by atoms with Crippen molar-refractivity contribution in [2.75, 3.05) is 0 Å². The van der Waals surface area contributed by atoms with Crippen LogP contribution in [0.2, 0.25) is 0 Å². The van der Waals surface area contributed by atoms with Crippen LogP contribution in [-0.4, -0.2) is 23.0 Å². The van der Waals surface area contributed by atoms with Gasteiger partial charge in [0.15, 0.2) is 0 Å². The van der Waals surface area contributed by atoms with Crippen LogP contribution >= 0.6 is 0 Å². The van der Waals surface area contributed by atoms with Crippen LogP contribution in [0, 0.1) is 11.8 Å². The average molecular weight is 197 g/mol. The van der Waals surface area contributed by atoms with Gasteiger partial charge in [0, 0.05) is 18.1 Å². The van der Waals surface area contributed by atoms with Crippen LogP contribution in [0.1, 0.15) is 54.4 Å². The summed E-state index contributed by atoms with van der Waals surface area (Å²) < 4.78 is 0. The zero-order valence-electron chi connectivity index (χ0n) is 10.7. The van der Waals surface area contributed by atoms with E-state index in [1.807, 2.05) is 0 Å². The Bertz CT molecular complexity index is 156. The number of nitrogens with zero attached hydrogens (tertiary/aromatic N) is 1. The Morgan fingerprint density at radius 1 is 0.786 bits per heavy atom. The molecule has 0 saturated carbocycles. The van der Waals surface area contributed by atoms with Crippen molar-refractivity contribution in [3.63, 3.8) is 0 Å². The van der Waals surface area contributed by atoms with Crippen LogP contribution in [-0.2, 0) is 0 Å². The minimum absolute atomic E-state index is 0.706. The molecule has 1 heterocycles. The lowest BCUT2D eigenvalue weighted by Gasteiger charge is -2.37. The highest BCUT2D eigenvalue weighted by Gasteiger charge is 2.37. The molecule has 0 N–H and O–H groups in total. The zero-order valence-corrected chi connectivity index (χ0v) is 10.7. The van der Waals surface area contributed by atoms with E-state index in [1.54, 1.807) is 0 Å². The first-order valence-electron chi connectivity index (χ1n) is 6.22. The van der Waals surface area contributed by atoms with E-state index in [1.165, 1.54) is 12.8 Å². The summed E-state index contributed by atoms with van der Waals surface area (Å²) in [6, 6.07) is 2.35. The van der Waals surface area contributed by atoms with Crippen LogP contribution in [0.25, 0.3) is 0 Å². The lowest BCUT2D eigenvalue weighted by Crippen LogP contribution is -2.45. The molecule has 1 nitrogen and oxygen atoms in total. The van der Waals surface area contributed by atoms with Gasteiger partial charge in [-0.3, -0.25) is 4.90 Å². The Balaban J connectivity index is 2.74. The summed E-state index contributed by atoms with van der Waals surface area (Å²) in [5.74, 6) is 1.61. The molecular weight excluding hydrogens is 170 g/mol. The van der Waals surface area contributed by atoms with Gasteiger partial charge < -0.3 is 0 Å². The van der Waals surface area contributed by atoms with Crippen molar-refractivity contribution < 1.29 is 0 Å². The summed E-state index contributed by atoms with van der Waals surface area (Å²) in [6.07, 6.45) is 2.80. The van der Waals surface area contributed by atoms with Gasteiger partial charge in [-0.05, 0) is 38.5 Å². The summed E-state index contributed by atoms with van der Waals surface area (Å²) in [6.45, 7) is 14.1. The maximum absolute atomic E-state index is 2.76. The molecule has 1 saturated heterocycles. The van der Waals surface area contributed by atoms with Gasteiger partial charge in [0.05, 0.1) is 0 Å². The maximum atomic E-state index is 2.76. The Kier molecular flexibility index (Phi) is 4.00. The maximum Gasteiger partial charge on any atom is 0.0125 e. The van der Waals surface area contributed by atoms with Crippen LogP contribution < -0.4 is 0 Å². The predicted molar refractivity (Wildman–Crippen MR) is 63.5 cm³/mol. The number of hydrogen-bond donors (Lipinski definition) is 0. The molecule has 0 bridgehead atoms. The third-order valence-electron chi connectivity index (χ3n) is 3.66. The standard InChI is InChI=1S/C13H27N/c1-9(2)12-7-8-13(10(3)4)14(12)11(5)6/h9-13H,7-8H2,1-6H3.